The van der Waals surface area contributed by atoms with Gasteiger partial charge in [-0.25, -0.2) is 0 Å². The molecule has 0 radical (unpaired) electrons. The molecule has 0 spiro atoms. The highest BCUT2D eigenvalue weighted by Crippen LogP contribution is 2.36. The minimum atomic E-state index is 0.638. The third-order valence-electron chi connectivity index (χ3n) is 3.42. The molecule has 1 nitrogen and oxygen atoms in total. The molecule has 0 fully saturated rings. The van der Waals surface area contributed by atoms with Gasteiger partial charge in [-0.3, -0.25) is 0 Å². The van der Waals surface area contributed by atoms with Gasteiger partial charge in [0, 0.05) is 5.69 Å². The Labute approximate surface area is 97.7 Å². The molecule has 84 valence electrons. The standard InChI is InChI=1S/C15H19N/c1-3-14-11(2)5-4-6-15(14)12-7-9-13(16)10-8-12/h3,7-11H,1,4-6,16H2,2H3. The summed E-state index contributed by atoms with van der Waals surface area (Å²) < 4.78 is 0. The highest BCUT2D eigenvalue weighted by Gasteiger charge is 2.18. The van der Waals surface area contributed by atoms with Crippen LogP contribution in [0.2, 0.25) is 0 Å². The molecule has 0 amide bonds. The van der Waals surface area contributed by atoms with Gasteiger partial charge >= 0.3 is 0 Å². The van der Waals surface area contributed by atoms with E-state index >= 15 is 0 Å². The molecule has 1 aromatic rings. The smallest absolute Gasteiger partial charge is 0.0314 e. The van der Waals surface area contributed by atoms with Crippen LogP contribution in [0.15, 0.2) is 42.5 Å². The van der Waals surface area contributed by atoms with Gasteiger partial charge < -0.3 is 5.73 Å². The van der Waals surface area contributed by atoms with Crippen molar-refractivity contribution in [3.05, 3.63) is 48.1 Å². The summed E-state index contributed by atoms with van der Waals surface area (Å²) in [7, 11) is 0. The lowest BCUT2D eigenvalue weighted by Gasteiger charge is -2.24. The monoisotopic (exact) mass is 213 g/mol. The van der Waals surface area contributed by atoms with Crippen LogP contribution < -0.4 is 5.73 Å². The maximum Gasteiger partial charge on any atom is 0.0314 e. The average molecular weight is 213 g/mol. The van der Waals surface area contributed by atoms with Crippen molar-refractivity contribution in [1.29, 1.82) is 0 Å². The van der Waals surface area contributed by atoms with Crippen LogP contribution in [0.3, 0.4) is 0 Å². The van der Waals surface area contributed by atoms with Gasteiger partial charge in [-0.05, 0) is 54.0 Å². The zero-order chi connectivity index (χ0) is 11.5. The topological polar surface area (TPSA) is 26.0 Å². The summed E-state index contributed by atoms with van der Waals surface area (Å²) in [5.41, 5.74) is 10.7. The summed E-state index contributed by atoms with van der Waals surface area (Å²) in [5.74, 6) is 0.638. The number of hydrogen-bond donors (Lipinski definition) is 1. The SMILES string of the molecule is C=CC1=C(c2ccc(N)cc2)CCCC1C. The van der Waals surface area contributed by atoms with Crippen LogP contribution in [0.1, 0.15) is 31.7 Å². The molecule has 0 heterocycles. The lowest BCUT2D eigenvalue weighted by atomic mass is 9.81. The predicted octanol–water partition coefficient (Wildman–Crippen LogP) is 4.03. The van der Waals surface area contributed by atoms with Crippen molar-refractivity contribution >= 4 is 11.3 Å². The van der Waals surface area contributed by atoms with E-state index in [1.54, 1.807) is 0 Å². The molecule has 0 saturated carbocycles. The fraction of sp³-hybridized carbons (Fsp3) is 0.333. The van der Waals surface area contributed by atoms with Gasteiger partial charge in [0.1, 0.15) is 0 Å². The highest BCUT2D eigenvalue weighted by molar-refractivity contribution is 5.72. The lowest BCUT2D eigenvalue weighted by Crippen LogP contribution is -2.07. The second-order valence-electron chi connectivity index (χ2n) is 4.55. The Balaban J connectivity index is 2.44. The molecule has 2 rings (SSSR count). The number of anilines is 1. The maximum absolute atomic E-state index is 5.71. The van der Waals surface area contributed by atoms with E-state index in [1.165, 1.54) is 29.6 Å². The Morgan fingerprint density at radius 3 is 2.62 bits per heavy atom. The van der Waals surface area contributed by atoms with Crippen LogP contribution >= 0.6 is 0 Å². The van der Waals surface area contributed by atoms with E-state index in [0.717, 1.165) is 12.1 Å². The minimum Gasteiger partial charge on any atom is -0.399 e. The average Bonchev–Trinajstić information content (AvgIpc) is 2.30. The molecule has 1 unspecified atom stereocenters. The fourth-order valence-corrected chi connectivity index (χ4v) is 2.50. The zero-order valence-electron chi connectivity index (χ0n) is 9.87. The van der Waals surface area contributed by atoms with Crippen molar-refractivity contribution < 1.29 is 0 Å². The van der Waals surface area contributed by atoms with Gasteiger partial charge in [0.05, 0.1) is 0 Å². The summed E-state index contributed by atoms with van der Waals surface area (Å²) in [6.45, 7) is 6.23. The Hall–Kier alpha value is -1.50. The second kappa shape index (κ2) is 4.56. The third-order valence-corrected chi connectivity index (χ3v) is 3.42. The normalized spacial score (nSPS) is 20.9. The summed E-state index contributed by atoms with van der Waals surface area (Å²) in [6.07, 6.45) is 5.74. The van der Waals surface area contributed by atoms with Gasteiger partial charge in [-0.15, -0.1) is 0 Å². The van der Waals surface area contributed by atoms with E-state index in [1.807, 2.05) is 18.2 Å². The number of hydrogen-bond acceptors (Lipinski definition) is 1. The van der Waals surface area contributed by atoms with Gasteiger partial charge in [0.15, 0.2) is 0 Å². The molecule has 0 aromatic heterocycles. The van der Waals surface area contributed by atoms with Crippen molar-refractivity contribution in [2.45, 2.75) is 26.2 Å². The van der Waals surface area contributed by atoms with E-state index < -0.39 is 0 Å². The molecule has 0 aliphatic heterocycles. The van der Waals surface area contributed by atoms with E-state index in [4.69, 9.17) is 5.73 Å². The van der Waals surface area contributed by atoms with Gasteiger partial charge in [-0.1, -0.05) is 31.7 Å². The first kappa shape index (κ1) is 11.0. The van der Waals surface area contributed by atoms with Crippen molar-refractivity contribution in [3.63, 3.8) is 0 Å². The van der Waals surface area contributed by atoms with E-state index in [9.17, 15) is 0 Å². The number of nitrogen functional groups attached to an aromatic ring is 1. The third kappa shape index (κ3) is 2.04. The Morgan fingerprint density at radius 1 is 1.31 bits per heavy atom. The number of benzene rings is 1. The summed E-state index contributed by atoms with van der Waals surface area (Å²) >= 11 is 0. The van der Waals surface area contributed by atoms with Crippen LogP contribution in [0.5, 0.6) is 0 Å². The van der Waals surface area contributed by atoms with Crippen molar-refractivity contribution in [3.8, 4) is 0 Å². The molecule has 0 bridgehead atoms. The first-order chi connectivity index (χ1) is 7.72. The molecular formula is C15H19N. The number of nitrogens with two attached hydrogens (primary N) is 1. The maximum atomic E-state index is 5.71. The van der Waals surface area contributed by atoms with Gasteiger partial charge in [0.25, 0.3) is 0 Å². The molecule has 2 N–H and O–H groups in total. The minimum absolute atomic E-state index is 0.638. The van der Waals surface area contributed by atoms with Crippen LogP contribution in [0.25, 0.3) is 5.57 Å². The fourth-order valence-electron chi connectivity index (χ4n) is 2.50. The Kier molecular flexibility index (Phi) is 3.14. The van der Waals surface area contributed by atoms with E-state index in [0.29, 0.717) is 5.92 Å². The molecule has 1 aromatic carbocycles. The van der Waals surface area contributed by atoms with Gasteiger partial charge in [0.2, 0.25) is 0 Å². The number of rotatable bonds is 2. The summed E-state index contributed by atoms with van der Waals surface area (Å²) in [6, 6.07) is 8.18. The van der Waals surface area contributed by atoms with Crippen LogP contribution in [0, 0.1) is 5.92 Å². The highest BCUT2D eigenvalue weighted by atomic mass is 14.5. The molecule has 1 aliphatic rings. The summed E-state index contributed by atoms with van der Waals surface area (Å²) in [4.78, 5) is 0. The first-order valence-electron chi connectivity index (χ1n) is 5.93. The van der Waals surface area contributed by atoms with Crippen molar-refractivity contribution in [1.82, 2.24) is 0 Å². The largest absolute Gasteiger partial charge is 0.399 e. The molecular weight excluding hydrogens is 194 g/mol. The van der Waals surface area contributed by atoms with Gasteiger partial charge in [-0.2, -0.15) is 0 Å². The molecule has 1 heteroatoms. The Morgan fingerprint density at radius 2 is 2.00 bits per heavy atom. The first-order valence-corrected chi connectivity index (χ1v) is 5.93. The van der Waals surface area contributed by atoms with Crippen LogP contribution in [-0.2, 0) is 0 Å². The lowest BCUT2D eigenvalue weighted by molar-refractivity contribution is 0.572. The number of allylic oxidation sites excluding steroid dienone is 3. The second-order valence-corrected chi connectivity index (χ2v) is 4.55. The summed E-state index contributed by atoms with van der Waals surface area (Å²) in [5, 5.41) is 0. The predicted molar refractivity (Wildman–Crippen MR) is 71.0 cm³/mol. The zero-order valence-corrected chi connectivity index (χ0v) is 9.87. The quantitative estimate of drug-likeness (QED) is 0.737. The van der Waals surface area contributed by atoms with E-state index in [2.05, 4.69) is 25.6 Å². The molecule has 1 atom stereocenters. The molecule has 16 heavy (non-hydrogen) atoms. The van der Waals surface area contributed by atoms with Crippen molar-refractivity contribution in [2.75, 3.05) is 5.73 Å². The van der Waals surface area contributed by atoms with E-state index in [-0.39, 0.29) is 0 Å². The molecule has 0 saturated heterocycles. The van der Waals surface area contributed by atoms with Crippen LogP contribution in [-0.4, -0.2) is 0 Å². The van der Waals surface area contributed by atoms with Crippen molar-refractivity contribution in [2.24, 2.45) is 5.92 Å². The molecule has 1 aliphatic carbocycles. The van der Waals surface area contributed by atoms with Crippen LogP contribution in [0.4, 0.5) is 5.69 Å². The Bertz CT molecular complexity index is 412.